The van der Waals surface area contributed by atoms with Crippen molar-refractivity contribution in [2.24, 2.45) is 10.7 Å². The SMILES string of the molecule is NC1=NC(=O)C(=Cc2ccc(OS(=O)(=O)c3cccc([N+](=O)[O-])c3)cc2)S1. The molecule has 0 atom stereocenters. The van der Waals surface area contributed by atoms with E-state index in [0.717, 1.165) is 17.8 Å². The monoisotopic (exact) mass is 405 g/mol. The highest BCUT2D eigenvalue weighted by atomic mass is 32.2. The summed E-state index contributed by atoms with van der Waals surface area (Å²) in [6, 6.07) is 10.5. The van der Waals surface area contributed by atoms with Crippen molar-refractivity contribution in [2.75, 3.05) is 0 Å². The topological polar surface area (TPSA) is 142 Å². The highest BCUT2D eigenvalue weighted by Crippen LogP contribution is 2.27. The van der Waals surface area contributed by atoms with Gasteiger partial charge in [-0.05, 0) is 41.6 Å². The van der Waals surface area contributed by atoms with Gasteiger partial charge in [-0.25, -0.2) is 0 Å². The van der Waals surface area contributed by atoms with Crippen molar-refractivity contribution in [3.63, 3.8) is 0 Å². The molecule has 3 rings (SSSR count). The molecule has 1 aliphatic heterocycles. The lowest BCUT2D eigenvalue weighted by molar-refractivity contribution is -0.385. The molecule has 0 unspecified atom stereocenters. The van der Waals surface area contributed by atoms with Crippen LogP contribution in [0.5, 0.6) is 5.75 Å². The minimum Gasteiger partial charge on any atom is -0.379 e. The number of thioether (sulfide) groups is 1. The van der Waals surface area contributed by atoms with Gasteiger partial charge in [0.25, 0.3) is 11.6 Å². The van der Waals surface area contributed by atoms with Gasteiger partial charge >= 0.3 is 10.1 Å². The number of carbonyl (C=O) groups is 1. The fraction of sp³-hybridized carbons (Fsp3) is 0. The molecule has 0 saturated heterocycles. The van der Waals surface area contributed by atoms with Crippen molar-refractivity contribution in [3.8, 4) is 5.75 Å². The summed E-state index contributed by atoms with van der Waals surface area (Å²) >= 11 is 1.04. The number of nitrogens with zero attached hydrogens (tertiary/aromatic N) is 2. The van der Waals surface area contributed by atoms with Crippen LogP contribution in [0.1, 0.15) is 5.56 Å². The largest absolute Gasteiger partial charge is 0.379 e. The molecule has 1 heterocycles. The predicted octanol–water partition coefficient (Wildman–Crippen LogP) is 2.29. The molecule has 1 amide bonds. The van der Waals surface area contributed by atoms with Crippen LogP contribution in [0.25, 0.3) is 6.08 Å². The van der Waals surface area contributed by atoms with Gasteiger partial charge in [-0.3, -0.25) is 14.9 Å². The summed E-state index contributed by atoms with van der Waals surface area (Å²) in [5.74, 6) is -0.420. The van der Waals surface area contributed by atoms with E-state index in [1.54, 1.807) is 18.2 Å². The van der Waals surface area contributed by atoms with Crippen LogP contribution in [-0.2, 0) is 14.9 Å². The normalized spacial score (nSPS) is 15.6. The Kier molecular flexibility index (Phi) is 4.97. The maximum absolute atomic E-state index is 12.3. The number of nitro groups is 1. The van der Waals surface area contributed by atoms with E-state index >= 15 is 0 Å². The molecule has 0 aliphatic carbocycles. The van der Waals surface area contributed by atoms with Crippen molar-refractivity contribution in [3.05, 3.63) is 69.1 Å². The van der Waals surface area contributed by atoms with E-state index in [0.29, 0.717) is 10.5 Å². The fourth-order valence-corrected chi connectivity index (χ4v) is 3.78. The molecule has 27 heavy (non-hydrogen) atoms. The van der Waals surface area contributed by atoms with Gasteiger partial charge in [0, 0.05) is 12.1 Å². The Morgan fingerprint density at radius 3 is 2.48 bits per heavy atom. The molecule has 11 heteroatoms. The first kappa shape index (κ1) is 18.6. The number of nitrogens with two attached hydrogens (primary N) is 1. The third kappa shape index (κ3) is 4.33. The summed E-state index contributed by atoms with van der Waals surface area (Å²) in [6.07, 6.45) is 1.56. The van der Waals surface area contributed by atoms with Gasteiger partial charge in [0.2, 0.25) is 0 Å². The highest BCUT2D eigenvalue weighted by Gasteiger charge is 2.21. The van der Waals surface area contributed by atoms with E-state index in [1.165, 1.54) is 30.3 Å². The molecule has 138 valence electrons. The second-order valence-electron chi connectivity index (χ2n) is 5.23. The Balaban J connectivity index is 1.78. The van der Waals surface area contributed by atoms with Crippen LogP contribution in [0, 0.1) is 10.1 Å². The van der Waals surface area contributed by atoms with E-state index in [-0.39, 0.29) is 21.5 Å². The number of aliphatic imine (C=N–C) groups is 1. The van der Waals surface area contributed by atoms with Crippen molar-refractivity contribution in [1.29, 1.82) is 0 Å². The zero-order valence-corrected chi connectivity index (χ0v) is 15.1. The average Bonchev–Trinajstić information content (AvgIpc) is 2.93. The molecule has 0 bridgehead atoms. The van der Waals surface area contributed by atoms with Gasteiger partial charge < -0.3 is 9.92 Å². The number of benzene rings is 2. The number of hydrogen-bond donors (Lipinski definition) is 1. The second-order valence-corrected chi connectivity index (χ2v) is 7.84. The maximum atomic E-state index is 12.3. The number of hydrogen-bond acceptors (Lipinski definition) is 8. The van der Waals surface area contributed by atoms with Crippen LogP contribution in [0.3, 0.4) is 0 Å². The molecule has 0 aromatic heterocycles. The lowest BCUT2D eigenvalue weighted by atomic mass is 10.2. The van der Waals surface area contributed by atoms with Crippen LogP contribution in [-0.4, -0.2) is 24.4 Å². The molecule has 9 nitrogen and oxygen atoms in total. The number of non-ortho nitro benzene ring substituents is 1. The molecular formula is C16H11N3O6S2. The van der Waals surface area contributed by atoms with Gasteiger partial charge in [-0.15, -0.1) is 0 Å². The van der Waals surface area contributed by atoms with Gasteiger partial charge in [0.15, 0.2) is 5.17 Å². The molecule has 1 aliphatic rings. The van der Waals surface area contributed by atoms with Crippen LogP contribution < -0.4 is 9.92 Å². The Hall–Kier alpha value is -3.18. The summed E-state index contributed by atoms with van der Waals surface area (Å²) in [7, 11) is -4.23. The van der Waals surface area contributed by atoms with Crippen LogP contribution in [0.4, 0.5) is 5.69 Å². The van der Waals surface area contributed by atoms with Crippen LogP contribution in [0.2, 0.25) is 0 Å². The Labute approximate surface area is 157 Å². The number of amides is 1. The standard InChI is InChI=1S/C16H11N3O6S2/c17-16-18-15(20)14(26-16)8-10-4-6-12(7-5-10)25-27(23,24)13-3-1-2-11(9-13)19(21)22/h1-9H,(H2,17,18,20). The highest BCUT2D eigenvalue weighted by molar-refractivity contribution is 8.18. The molecular weight excluding hydrogens is 394 g/mol. The van der Waals surface area contributed by atoms with Crippen molar-refractivity contribution >= 4 is 44.7 Å². The summed E-state index contributed by atoms with van der Waals surface area (Å²) in [5.41, 5.74) is 5.73. The summed E-state index contributed by atoms with van der Waals surface area (Å²) in [4.78, 5) is 25.3. The molecule has 0 radical (unpaired) electrons. The van der Waals surface area contributed by atoms with E-state index in [2.05, 4.69) is 4.99 Å². The van der Waals surface area contributed by atoms with Crippen LogP contribution >= 0.6 is 11.8 Å². The first-order valence-corrected chi connectivity index (χ1v) is 9.54. The molecule has 2 aromatic carbocycles. The molecule has 2 aromatic rings. The van der Waals surface area contributed by atoms with Gasteiger partial charge in [0.1, 0.15) is 10.6 Å². The fourth-order valence-electron chi connectivity index (χ4n) is 2.12. The summed E-state index contributed by atoms with van der Waals surface area (Å²) in [6.45, 7) is 0. The van der Waals surface area contributed by atoms with Crippen molar-refractivity contribution in [1.82, 2.24) is 0 Å². The first-order chi connectivity index (χ1) is 12.7. The lowest BCUT2D eigenvalue weighted by Crippen LogP contribution is -2.10. The number of nitro benzene ring substituents is 1. The van der Waals surface area contributed by atoms with E-state index in [9.17, 15) is 23.3 Å². The quantitative estimate of drug-likeness (QED) is 0.345. The Bertz CT molecular complexity index is 1090. The number of carbonyl (C=O) groups excluding carboxylic acids is 1. The van der Waals surface area contributed by atoms with E-state index in [1.807, 2.05) is 0 Å². The maximum Gasteiger partial charge on any atom is 0.339 e. The molecule has 2 N–H and O–H groups in total. The second kappa shape index (κ2) is 7.21. The smallest absolute Gasteiger partial charge is 0.339 e. The molecule has 0 spiro atoms. The van der Waals surface area contributed by atoms with Gasteiger partial charge in [-0.1, -0.05) is 18.2 Å². The third-order valence-corrected chi connectivity index (χ3v) is 5.39. The minimum absolute atomic E-state index is 0.0184. The van der Waals surface area contributed by atoms with Crippen molar-refractivity contribution in [2.45, 2.75) is 4.90 Å². The van der Waals surface area contributed by atoms with Crippen molar-refractivity contribution < 1.29 is 22.3 Å². The third-order valence-electron chi connectivity index (χ3n) is 3.34. The Morgan fingerprint density at radius 2 is 1.89 bits per heavy atom. The van der Waals surface area contributed by atoms with E-state index in [4.69, 9.17) is 9.92 Å². The predicted molar refractivity (Wildman–Crippen MR) is 99.5 cm³/mol. The zero-order valence-electron chi connectivity index (χ0n) is 13.4. The van der Waals surface area contributed by atoms with Gasteiger partial charge in [-0.2, -0.15) is 13.4 Å². The number of amidine groups is 1. The van der Waals surface area contributed by atoms with Gasteiger partial charge in [0.05, 0.1) is 9.83 Å². The number of rotatable bonds is 5. The minimum atomic E-state index is -4.23. The average molecular weight is 405 g/mol. The zero-order chi connectivity index (χ0) is 19.6. The first-order valence-electron chi connectivity index (χ1n) is 7.32. The molecule has 0 fully saturated rings. The lowest BCUT2D eigenvalue weighted by Gasteiger charge is -2.07. The summed E-state index contributed by atoms with van der Waals surface area (Å²) < 4.78 is 29.6. The van der Waals surface area contributed by atoms with Crippen LogP contribution in [0.15, 0.2) is 63.3 Å². The molecule has 0 saturated carbocycles. The van der Waals surface area contributed by atoms with E-state index < -0.39 is 20.9 Å². The Morgan fingerprint density at radius 1 is 1.19 bits per heavy atom. The summed E-state index contributed by atoms with van der Waals surface area (Å²) in [5, 5.41) is 10.9.